The number of benzene rings is 1. The van der Waals surface area contributed by atoms with Gasteiger partial charge in [-0.15, -0.1) is 0 Å². The Labute approximate surface area is 116 Å². The standard InChI is InChI=1S/C17H25NO/c1-13(18-4)12-16(2)15-9-7-6-8-14(15)10-11-17(16,3)19-5/h6-9H,10-12H2,1-5H3/t16-,17?/m0/s1. The van der Waals surface area contributed by atoms with Crippen molar-refractivity contribution in [2.24, 2.45) is 4.99 Å². The highest BCUT2D eigenvalue weighted by molar-refractivity contribution is 5.83. The molecule has 0 fully saturated rings. The highest BCUT2D eigenvalue weighted by Crippen LogP contribution is 2.48. The average Bonchev–Trinajstić information content (AvgIpc) is 2.43. The Bertz CT molecular complexity index is 494. The number of fused-ring (bicyclic) bond motifs is 1. The minimum Gasteiger partial charge on any atom is -0.378 e. The van der Waals surface area contributed by atoms with Crippen molar-refractivity contribution in [3.8, 4) is 0 Å². The van der Waals surface area contributed by atoms with Crippen LogP contribution in [0, 0.1) is 0 Å². The molecule has 0 aliphatic heterocycles. The fourth-order valence-electron chi connectivity index (χ4n) is 3.41. The van der Waals surface area contributed by atoms with Gasteiger partial charge in [0.2, 0.25) is 0 Å². The van der Waals surface area contributed by atoms with Gasteiger partial charge in [-0.3, -0.25) is 4.99 Å². The summed E-state index contributed by atoms with van der Waals surface area (Å²) in [6.07, 6.45) is 3.11. The summed E-state index contributed by atoms with van der Waals surface area (Å²) in [4.78, 5) is 4.36. The van der Waals surface area contributed by atoms with Crippen molar-refractivity contribution in [3.63, 3.8) is 0 Å². The molecule has 1 unspecified atom stereocenters. The summed E-state index contributed by atoms with van der Waals surface area (Å²) < 4.78 is 5.94. The number of rotatable bonds is 3. The van der Waals surface area contributed by atoms with Crippen LogP contribution in [0.1, 0.15) is 44.7 Å². The molecule has 104 valence electrons. The molecule has 1 aliphatic rings. The summed E-state index contributed by atoms with van der Waals surface area (Å²) in [5.74, 6) is 0. The van der Waals surface area contributed by atoms with Gasteiger partial charge in [-0.05, 0) is 44.2 Å². The van der Waals surface area contributed by atoms with Crippen molar-refractivity contribution < 1.29 is 4.74 Å². The van der Waals surface area contributed by atoms with Crippen molar-refractivity contribution in [2.75, 3.05) is 14.2 Å². The number of hydrogen-bond acceptors (Lipinski definition) is 2. The third-order valence-electron chi connectivity index (χ3n) is 5.09. The number of aryl methyl sites for hydroxylation is 1. The Morgan fingerprint density at radius 2 is 2.00 bits per heavy atom. The lowest BCUT2D eigenvalue weighted by Gasteiger charge is -2.50. The number of ether oxygens (including phenoxy) is 1. The van der Waals surface area contributed by atoms with Gasteiger partial charge in [-0.2, -0.15) is 0 Å². The maximum atomic E-state index is 5.94. The average molecular weight is 259 g/mol. The lowest BCUT2D eigenvalue weighted by molar-refractivity contribution is -0.0660. The predicted molar refractivity (Wildman–Crippen MR) is 81.2 cm³/mol. The highest BCUT2D eigenvalue weighted by Gasteiger charge is 2.49. The molecule has 2 rings (SSSR count). The van der Waals surface area contributed by atoms with E-state index in [1.165, 1.54) is 16.8 Å². The van der Waals surface area contributed by atoms with Crippen LogP contribution in [0.5, 0.6) is 0 Å². The van der Waals surface area contributed by atoms with Gasteiger partial charge in [0.05, 0.1) is 5.60 Å². The number of aliphatic imine (C=N–C) groups is 1. The molecule has 0 aromatic heterocycles. The summed E-state index contributed by atoms with van der Waals surface area (Å²) in [5.41, 5.74) is 3.92. The van der Waals surface area contributed by atoms with E-state index in [0.717, 1.165) is 19.3 Å². The van der Waals surface area contributed by atoms with E-state index in [-0.39, 0.29) is 11.0 Å². The smallest absolute Gasteiger partial charge is 0.0751 e. The van der Waals surface area contributed by atoms with Crippen LogP contribution in [-0.4, -0.2) is 25.5 Å². The molecule has 0 saturated carbocycles. The zero-order chi connectivity index (χ0) is 14.1. The van der Waals surface area contributed by atoms with E-state index in [4.69, 9.17) is 4.74 Å². The maximum Gasteiger partial charge on any atom is 0.0751 e. The number of nitrogens with zero attached hydrogens (tertiary/aromatic N) is 1. The van der Waals surface area contributed by atoms with Gasteiger partial charge in [-0.1, -0.05) is 31.2 Å². The van der Waals surface area contributed by atoms with Crippen LogP contribution in [-0.2, 0) is 16.6 Å². The maximum absolute atomic E-state index is 5.94. The summed E-state index contributed by atoms with van der Waals surface area (Å²) in [5, 5.41) is 0. The van der Waals surface area contributed by atoms with Gasteiger partial charge in [0.25, 0.3) is 0 Å². The normalized spacial score (nSPS) is 31.1. The van der Waals surface area contributed by atoms with E-state index in [1.807, 2.05) is 14.2 Å². The van der Waals surface area contributed by atoms with Crippen LogP contribution in [0.25, 0.3) is 0 Å². The van der Waals surface area contributed by atoms with Gasteiger partial charge in [0, 0.05) is 25.3 Å². The van der Waals surface area contributed by atoms with E-state index in [0.29, 0.717) is 0 Å². The molecule has 0 amide bonds. The van der Waals surface area contributed by atoms with E-state index in [1.54, 1.807) is 0 Å². The van der Waals surface area contributed by atoms with E-state index >= 15 is 0 Å². The quantitative estimate of drug-likeness (QED) is 0.757. The second kappa shape index (κ2) is 5.09. The minimum atomic E-state index is -0.132. The molecule has 0 saturated heterocycles. The van der Waals surface area contributed by atoms with Crippen LogP contribution < -0.4 is 0 Å². The molecule has 1 aromatic carbocycles. The number of methoxy groups -OCH3 is 1. The molecule has 0 heterocycles. The summed E-state index contributed by atoms with van der Waals surface area (Å²) in [6, 6.07) is 8.78. The first-order chi connectivity index (χ1) is 8.97. The van der Waals surface area contributed by atoms with Crippen LogP contribution in [0.4, 0.5) is 0 Å². The van der Waals surface area contributed by atoms with E-state index in [9.17, 15) is 0 Å². The van der Waals surface area contributed by atoms with Gasteiger partial charge in [0.15, 0.2) is 0 Å². The Morgan fingerprint density at radius 3 is 2.63 bits per heavy atom. The van der Waals surface area contributed by atoms with Crippen molar-refractivity contribution in [2.45, 2.75) is 51.0 Å². The molecule has 1 aromatic rings. The zero-order valence-electron chi connectivity index (χ0n) is 12.8. The zero-order valence-corrected chi connectivity index (χ0v) is 12.8. The molecule has 1 aliphatic carbocycles. The highest BCUT2D eigenvalue weighted by atomic mass is 16.5. The monoisotopic (exact) mass is 259 g/mol. The second-order valence-corrected chi connectivity index (χ2v) is 6.06. The second-order valence-electron chi connectivity index (χ2n) is 6.06. The molecule has 0 radical (unpaired) electrons. The third-order valence-corrected chi connectivity index (χ3v) is 5.09. The largest absolute Gasteiger partial charge is 0.378 e. The van der Waals surface area contributed by atoms with Gasteiger partial charge in [-0.25, -0.2) is 0 Å². The topological polar surface area (TPSA) is 21.6 Å². The lowest BCUT2D eigenvalue weighted by atomic mass is 9.60. The minimum absolute atomic E-state index is 0.0137. The van der Waals surface area contributed by atoms with E-state index < -0.39 is 0 Å². The van der Waals surface area contributed by atoms with Crippen molar-refractivity contribution in [1.82, 2.24) is 0 Å². The molecular formula is C17H25NO. The third kappa shape index (κ3) is 2.23. The SMILES string of the molecule is CN=C(C)C[C@@]1(C)c2ccccc2CCC1(C)OC. The molecule has 0 N–H and O–H groups in total. The Morgan fingerprint density at radius 1 is 1.32 bits per heavy atom. The van der Waals surface area contributed by atoms with Crippen LogP contribution in [0.2, 0.25) is 0 Å². The number of hydrogen-bond donors (Lipinski definition) is 0. The Hall–Kier alpha value is -1.15. The lowest BCUT2D eigenvalue weighted by Crippen LogP contribution is -2.53. The first kappa shape index (κ1) is 14.3. The van der Waals surface area contributed by atoms with E-state index in [2.05, 4.69) is 50.0 Å². The van der Waals surface area contributed by atoms with Crippen molar-refractivity contribution in [3.05, 3.63) is 35.4 Å². The van der Waals surface area contributed by atoms with Crippen molar-refractivity contribution in [1.29, 1.82) is 0 Å². The van der Waals surface area contributed by atoms with Gasteiger partial charge in [0.1, 0.15) is 0 Å². The van der Waals surface area contributed by atoms with Gasteiger partial charge < -0.3 is 4.74 Å². The summed E-state index contributed by atoms with van der Waals surface area (Å²) >= 11 is 0. The molecule has 0 bridgehead atoms. The Balaban J connectivity index is 2.55. The molecule has 2 nitrogen and oxygen atoms in total. The van der Waals surface area contributed by atoms with Gasteiger partial charge >= 0.3 is 0 Å². The van der Waals surface area contributed by atoms with Crippen LogP contribution in [0.15, 0.2) is 29.3 Å². The first-order valence-corrected chi connectivity index (χ1v) is 7.02. The molecular weight excluding hydrogens is 234 g/mol. The fourth-order valence-corrected chi connectivity index (χ4v) is 3.41. The first-order valence-electron chi connectivity index (χ1n) is 7.02. The van der Waals surface area contributed by atoms with Crippen molar-refractivity contribution >= 4 is 5.71 Å². The Kier molecular flexibility index (Phi) is 3.82. The molecule has 0 spiro atoms. The fraction of sp³-hybridized carbons (Fsp3) is 0.588. The summed E-state index contributed by atoms with van der Waals surface area (Å²) in [7, 11) is 3.71. The summed E-state index contributed by atoms with van der Waals surface area (Å²) in [6.45, 7) is 6.67. The van der Waals surface area contributed by atoms with Crippen LogP contribution >= 0.6 is 0 Å². The molecule has 19 heavy (non-hydrogen) atoms. The van der Waals surface area contributed by atoms with Crippen LogP contribution in [0.3, 0.4) is 0 Å². The molecule has 2 atom stereocenters. The molecule has 2 heteroatoms. The predicted octanol–water partition coefficient (Wildman–Crippen LogP) is 3.78.